The summed E-state index contributed by atoms with van der Waals surface area (Å²) in [4.78, 5) is 8.90. The minimum atomic E-state index is -2.44. The fourth-order valence-electron chi connectivity index (χ4n) is 2.46. The minimum absolute atomic E-state index is 0.234. The standard InChI is InChI=1S/C18H25N7/c1-18(2,3)24-15-13-10-21-25(4)16(13)23-17(22-15)20-11-14(19)12-8-6-5-7-9-12/h5-10,14H,11,19H2,1-4H3,(H2,20,22,23,24)/i4D3. The van der Waals surface area contributed by atoms with Crippen LogP contribution in [0, 0.1) is 0 Å². The first-order valence-corrected chi connectivity index (χ1v) is 8.13. The molecular formula is C18H25N7. The van der Waals surface area contributed by atoms with Gasteiger partial charge in [0, 0.05) is 29.2 Å². The number of nitrogens with one attached hydrogen (secondary N) is 2. The fourth-order valence-corrected chi connectivity index (χ4v) is 2.46. The summed E-state index contributed by atoms with van der Waals surface area (Å²) in [6, 6.07) is 9.43. The van der Waals surface area contributed by atoms with Crippen LogP contribution in [0.5, 0.6) is 0 Å². The van der Waals surface area contributed by atoms with Gasteiger partial charge in [-0.3, -0.25) is 4.68 Å². The number of hydrogen-bond donors (Lipinski definition) is 3. The Kier molecular flexibility index (Phi) is 3.63. The van der Waals surface area contributed by atoms with Crippen LogP contribution in [-0.4, -0.2) is 31.8 Å². The summed E-state index contributed by atoms with van der Waals surface area (Å²) >= 11 is 0. The predicted molar refractivity (Wildman–Crippen MR) is 102 cm³/mol. The zero-order chi connectivity index (χ0) is 20.5. The van der Waals surface area contributed by atoms with Gasteiger partial charge in [-0.2, -0.15) is 15.1 Å². The van der Waals surface area contributed by atoms with Gasteiger partial charge in [0.15, 0.2) is 5.65 Å². The lowest BCUT2D eigenvalue weighted by molar-refractivity contribution is 0.631. The van der Waals surface area contributed by atoms with Gasteiger partial charge in [0.2, 0.25) is 5.95 Å². The highest BCUT2D eigenvalue weighted by atomic mass is 15.3. The highest BCUT2D eigenvalue weighted by Gasteiger charge is 2.17. The SMILES string of the molecule is [2H]C([2H])([2H])n1ncc2c(NC(C)(C)C)nc(NCC(N)c3ccccc3)nc21. The van der Waals surface area contributed by atoms with E-state index in [1.165, 1.54) is 6.20 Å². The van der Waals surface area contributed by atoms with Crippen molar-refractivity contribution in [3.05, 3.63) is 42.1 Å². The lowest BCUT2D eigenvalue weighted by Gasteiger charge is -2.22. The molecule has 0 aliphatic carbocycles. The van der Waals surface area contributed by atoms with Crippen molar-refractivity contribution in [3.63, 3.8) is 0 Å². The van der Waals surface area contributed by atoms with Gasteiger partial charge >= 0.3 is 0 Å². The second-order valence-corrected chi connectivity index (χ2v) is 6.96. The molecule has 1 atom stereocenters. The average molecular weight is 342 g/mol. The molecule has 132 valence electrons. The summed E-state index contributed by atoms with van der Waals surface area (Å²) < 4.78 is 24.0. The van der Waals surface area contributed by atoms with E-state index >= 15 is 0 Å². The normalized spacial score (nSPS) is 15.3. The van der Waals surface area contributed by atoms with Crippen molar-refractivity contribution < 1.29 is 4.11 Å². The van der Waals surface area contributed by atoms with Gasteiger partial charge in [-0.1, -0.05) is 30.3 Å². The van der Waals surface area contributed by atoms with Gasteiger partial charge in [0.05, 0.1) is 11.6 Å². The summed E-state index contributed by atoms with van der Waals surface area (Å²) in [6.07, 6.45) is 1.47. The molecule has 1 unspecified atom stereocenters. The molecule has 0 saturated heterocycles. The maximum absolute atomic E-state index is 7.69. The third-order valence-corrected chi connectivity index (χ3v) is 3.63. The van der Waals surface area contributed by atoms with E-state index in [9.17, 15) is 0 Å². The molecule has 7 nitrogen and oxygen atoms in total. The van der Waals surface area contributed by atoms with Gasteiger partial charge in [0.1, 0.15) is 5.82 Å². The Bertz CT molecular complexity index is 945. The molecule has 0 spiro atoms. The predicted octanol–water partition coefficient (Wildman–Crippen LogP) is 2.69. The number of benzene rings is 1. The Hall–Kier alpha value is -2.67. The van der Waals surface area contributed by atoms with E-state index in [-0.39, 0.29) is 23.2 Å². The highest BCUT2D eigenvalue weighted by Crippen LogP contribution is 2.24. The fraction of sp³-hybridized carbons (Fsp3) is 0.389. The summed E-state index contributed by atoms with van der Waals surface area (Å²) in [6.45, 7) is 3.94. The maximum atomic E-state index is 7.69. The number of hydrogen-bond acceptors (Lipinski definition) is 6. The molecule has 0 fully saturated rings. The van der Waals surface area contributed by atoms with Crippen molar-refractivity contribution >= 4 is 22.8 Å². The van der Waals surface area contributed by atoms with Gasteiger partial charge in [-0.15, -0.1) is 0 Å². The van der Waals surface area contributed by atoms with Crippen LogP contribution >= 0.6 is 0 Å². The van der Waals surface area contributed by atoms with Crippen LogP contribution in [0.25, 0.3) is 11.0 Å². The van der Waals surface area contributed by atoms with Crippen LogP contribution in [-0.2, 0) is 6.98 Å². The van der Waals surface area contributed by atoms with Crippen molar-refractivity contribution in [2.45, 2.75) is 32.4 Å². The molecule has 0 aliphatic heterocycles. The smallest absolute Gasteiger partial charge is 0.226 e. The van der Waals surface area contributed by atoms with Gasteiger partial charge < -0.3 is 16.4 Å². The van der Waals surface area contributed by atoms with E-state index in [0.717, 1.165) is 10.2 Å². The molecule has 3 rings (SSSR count). The number of anilines is 2. The Balaban J connectivity index is 1.95. The molecule has 0 amide bonds. The second-order valence-electron chi connectivity index (χ2n) is 6.96. The minimum Gasteiger partial charge on any atom is -0.365 e. The van der Waals surface area contributed by atoms with E-state index in [0.29, 0.717) is 17.7 Å². The molecule has 3 aromatic rings. The van der Waals surface area contributed by atoms with Gasteiger partial charge in [-0.05, 0) is 26.3 Å². The lowest BCUT2D eigenvalue weighted by atomic mass is 10.1. The number of aromatic nitrogens is 4. The first-order chi connectivity index (χ1) is 13.0. The quantitative estimate of drug-likeness (QED) is 0.660. The zero-order valence-corrected chi connectivity index (χ0v) is 14.6. The van der Waals surface area contributed by atoms with Crippen LogP contribution in [0.15, 0.2) is 36.5 Å². The summed E-state index contributed by atoms with van der Waals surface area (Å²) in [5.74, 6) is 0.806. The van der Waals surface area contributed by atoms with Gasteiger partial charge in [0.25, 0.3) is 0 Å². The van der Waals surface area contributed by atoms with E-state index in [1.54, 1.807) is 0 Å². The number of nitrogens with zero attached hydrogens (tertiary/aromatic N) is 4. The largest absolute Gasteiger partial charge is 0.365 e. The topological polar surface area (TPSA) is 93.7 Å². The second kappa shape index (κ2) is 6.68. The van der Waals surface area contributed by atoms with Crippen molar-refractivity contribution in [1.29, 1.82) is 0 Å². The summed E-state index contributed by atoms with van der Waals surface area (Å²) in [7, 11) is 0. The van der Waals surface area contributed by atoms with E-state index in [2.05, 4.69) is 25.7 Å². The first kappa shape index (κ1) is 13.6. The van der Waals surface area contributed by atoms with E-state index < -0.39 is 6.98 Å². The molecule has 0 saturated carbocycles. The Morgan fingerprint density at radius 3 is 2.68 bits per heavy atom. The first-order valence-electron chi connectivity index (χ1n) is 9.63. The molecule has 1 aromatic carbocycles. The van der Waals surface area contributed by atoms with E-state index in [1.807, 2.05) is 51.1 Å². The number of fused-ring (bicyclic) bond motifs is 1. The summed E-state index contributed by atoms with van der Waals surface area (Å²) in [5.41, 5.74) is 7.17. The monoisotopic (exact) mass is 342 g/mol. The number of rotatable bonds is 5. The zero-order valence-electron chi connectivity index (χ0n) is 17.6. The van der Waals surface area contributed by atoms with E-state index in [4.69, 9.17) is 9.85 Å². The molecule has 0 radical (unpaired) electrons. The average Bonchev–Trinajstić information content (AvgIpc) is 3.04. The molecule has 2 heterocycles. The summed E-state index contributed by atoms with van der Waals surface area (Å²) in [5, 5.41) is 11.0. The molecule has 7 heteroatoms. The van der Waals surface area contributed by atoms with Crippen LogP contribution in [0.3, 0.4) is 0 Å². The molecule has 0 aliphatic rings. The third-order valence-electron chi connectivity index (χ3n) is 3.63. The molecular weight excluding hydrogens is 314 g/mol. The third kappa shape index (κ3) is 4.06. The molecule has 2 aromatic heterocycles. The Morgan fingerprint density at radius 1 is 1.24 bits per heavy atom. The van der Waals surface area contributed by atoms with Crippen LogP contribution in [0.2, 0.25) is 0 Å². The molecule has 0 bridgehead atoms. The van der Waals surface area contributed by atoms with Crippen molar-refractivity contribution in [2.75, 3.05) is 17.2 Å². The highest BCUT2D eigenvalue weighted by molar-refractivity contribution is 5.87. The van der Waals surface area contributed by atoms with Gasteiger partial charge in [-0.25, -0.2) is 0 Å². The molecule has 25 heavy (non-hydrogen) atoms. The van der Waals surface area contributed by atoms with Crippen molar-refractivity contribution in [3.8, 4) is 0 Å². The number of nitrogens with two attached hydrogens (primary N) is 1. The molecule has 4 N–H and O–H groups in total. The lowest BCUT2D eigenvalue weighted by Crippen LogP contribution is -2.27. The van der Waals surface area contributed by atoms with Crippen molar-refractivity contribution in [2.24, 2.45) is 12.7 Å². The maximum Gasteiger partial charge on any atom is 0.226 e. The van der Waals surface area contributed by atoms with Crippen LogP contribution < -0.4 is 16.4 Å². The Morgan fingerprint density at radius 2 is 2.00 bits per heavy atom. The number of aryl methyl sites for hydroxylation is 1. The van der Waals surface area contributed by atoms with Crippen LogP contribution in [0.1, 0.15) is 36.5 Å². The Labute approximate surface area is 151 Å². The van der Waals surface area contributed by atoms with Crippen molar-refractivity contribution in [1.82, 2.24) is 19.7 Å². The van der Waals surface area contributed by atoms with Crippen LogP contribution in [0.4, 0.5) is 11.8 Å².